The molecule has 6 nitrogen and oxygen atoms in total. The number of carboxylic acid groups (broad SMARTS) is 1. The maximum Gasteiger partial charge on any atom is 0.317 e. The van der Waals surface area contributed by atoms with Crippen LogP contribution in [0, 0.1) is 11.3 Å². The van der Waals surface area contributed by atoms with Crippen LogP contribution in [0.2, 0.25) is 0 Å². The fourth-order valence-corrected chi connectivity index (χ4v) is 2.28. The van der Waals surface area contributed by atoms with E-state index in [-0.39, 0.29) is 24.0 Å². The summed E-state index contributed by atoms with van der Waals surface area (Å²) in [5.41, 5.74) is 5.66. The van der Waals surface area contributed by atoms with Gasteiger partial charge in [-0.15, -0.1) is 0 Å². The molecule has 0 radical (unpaired) electrons. The van der Waals surface area contributed by atoms with Crippen LogP contribution < -0.4 is 11.1 Å². The summed E-state index contributed by atoms with van der Waals surface area (Å²) in [6, 6.07) is -0.177. The third kappa shape index (κ3) is 5.46. The number of nitrogens with two attached hydrogens (primary N) is 1. The number of likely N-dealkylation sites (tertiary alicyclic amines) is 1. The lowest BCUT2D eigenvalue weighted by molar-refractivity contribution is -0.142. The number of nitrogens with zero attached hydrogens (tertiary/aromatic N) is 1. The van der Waals surface area contributed by atoms with Gasteiger partial charge in [0.15, 0.2) is 0 Å². The second-order valence-corrected chi connectivity index (χ2v) is 6.48. The molecule has 1 fully saturated rings. The molecule has 1 aliphatic heterocycles. The largest absolute Gasteiger partial charge is 0.481 e. The predicted octanol–water partition coefficient (Wildman–Crippen LogP) is 0.866. The number of aliphatic carboxylic acids is 1. The number of rotatable bonds is 4. The molecule has 1 rings (SSSR count). The van der Waals surface area contributed by atoms with Crippen LogP contribution >= 0.6 is 0 Å². The van der Waals surface area contributed by atoms with Gasteiger partial charge in [-0.25, -0.2) is 4.79 Å². The van der Waals surface area contributed by atoms with Crippen LogP contribution in [0.3, 0.4) is 0 Å². The van der Waals surface area contributed by atoms with Crippen molar-refractivity contribution in [3.8, 4) is 0 Å². The van der Waals surface area contributed by atoms with Gasteiger partial charge in [-0.1, -0.05) is 20.8 Å². The molecule has 2 amide bonds. The number of hydrogen-bond donors (Lipinski definition) is 3. The number of nitrogens with one attached hydrogen (secondary N) is 1. The summed E-state index contributed by atoms with van der Waals surface area (Å²) >= 11 is 0. The van der Waals surface area contributed by atoms with E-state index < -0.39 is 11.9 Å². The Balaban J connectivity index is 2.43. The summed E-state index contributed by atoms with van der Waals surface area (Å²) in [5, 5.41) is 11.9. The van der Waals surface area contributed by atoms with E-state index in [2.05, 4.69) is 5.32 Å². The van der Waals surface area contributed by atoms with Gasteiger partial charge in [-0.05, 0) is 18.3 Å². The predicted molar refractivity (Wildman–Crippen MR) is 72.8 cm³/mol. The van der Waals surface area contributed by atoms with E-state index >= 15 is 0 Å². The molecule has 2 atom stereocenters. The van der Waals surface area contributed by atoms with Gasteiger partial charge in [-0.3, -0.25) is 4.79 Å². The standard InChI is InChI=1S/C13H25N3O3/c1-13(2,3)6-9(11(17)18)7-15-12(19)16-5-4-10(14)8-16/h9-10H,4-8,14H2,1-3H3,(H,15,19)(H,17,18). The average Bonchev–Trinajstić information content (AvgIpc) is 2.68. The van der Waals surface area contributed by atoms with Crippen molar-refractivity contribution in [2.45, 2.75) is 39.7 Å². The SMILES string of the molecule is CC(C)(C)CC(CNC(=O)N1CCC(N)C1)C(=O)O. The Morgan fingerprint density at radius 3 is 2.53 bits per heavy atom. The average molecular weight is 271 g/mol. The number of amides is 2. The summed E-state index contributed by atoms with van der Waals surface area (Å²) in [6.45, 7) is 7.32. The molecule has 0 aliphatic carbocycles. The Kier molecular flexibility index (Phi) is 5.17. The highest BCUT2D eigenvalue weighted by Crippen LogP contribution is 2.24. The number of carbonyl (C=O) groups excluding carboxylic acids is 1. The monoisotopic (exact) mass is 271 g/mol. The highest BCUT2D eigenvalue weighted by molar-refractivity contribution is 5.76. The zero-order chi connectivity index (χ0) is 14.6. The van der Waals surface area contributed by atoms with Gasteiger partial charge in [0, 0.05) is 25.7 Å². The lowest BCUT2D eigenvalue weighted by Gasteiger charge is -2.24. The minimum Gasteiger partial charge on any atom is -0.481 e. The molecule has 0 aromatic carbocycles. The molecule has 0 aromatic heterocycles. The molecule has 19 heavy (non-hydrogen) atoms. The van der Waals surface area contributed by atoms with E-state index in [0.29, 0.717) is 19.5 Å². The Labute approximate surface area is 114 Å². The van der Waals surface area contributed by atoms with Gasteiger partial charge in [0.05, 0.1) is 5.92 Å². The third-order valence-electron chi connectivity index (χ3n) is 3.22. The lowest BCUT2D eigenvalue weighted by atomic mass is 9.84. The minimum absolute atomic E-state index is 0.0376. The molecule has 1 heterocycles. The first-order valence-electron chi connectivity index (χ1n) is 6.70. The Morgan fingerprint density at radius 1 is 1.47 bits per heavy atom. The van der Waals surface area contributed by atoms with E-state index in [1.54, 1.807) is 4.90 Å². The van der Waals surface area contributed by atoms with Crippen LogP contribution in [0.4, 0.5) is 4.79 Å². The quantitative estimate of drug-likeness (QED) is 0.707. The molecule has 110 valence electrons. The Morgan fingerprint density at radius 2 is 2.11 bits per heavy atom. The molecule has 2 unspecified atom stereocenters. The van der Waals surface area contributed by atoms with Crippen molar-refractivity contribution in [1.29, 1.82) is 0 Å². The molecule has 1 saturated heterocycles. The number of carboxylic acids is 1. The second kappa shape index (κ2) is 6.23. The molecule has 4 N–H and O–H groups in total. The topological polar surface area (TPSA) is 95.7 Å². The first-order valence-corrected chi connectivity index (χ1v) is 6.70. The normalized spacial score (nSPS) is 21.3. The zero-order valence-corrected chi connectivity index (χ0v) is 12.0. The number of hydrogen-bond acceptors (Lipinski definition) is 3. The van der Waals surface area contributed by atoms with E-state index in [1.807, 2.05) is 20.8 Å². The first kappa shape index (κ1) is 15.8. The fraction of sp³-hybridized carbons (Fsp3) is 0.846. The second-order valence-electron chi connectivity index (χ2n) is 6.48. The summed E-state index contributed by atoms with van der Waals surface area (Å²) < 4.78 is 0. The molecule has 0 saturated carbocycles. The van der Waals surface area contributed by atoms with Crippen LogP contribution in [-0.2, 0) is 4.79 Å². The number of urea groups is 1. The summed E-state index contributed by atoms with van der Waals surface area (Å²) in [5.74, 6) is -1.42. The molecule has 0 aromatic rings. The Bertz CT molecular complexity index is 339. The highest BCUT2D eigenvalue weighted by Gasteiger charge is 2.27. The van der Waals surface area contributed by atoms with Crippen LogP contribution in [0.15, 0.2) is 0 Å². The van der Waals surface area contributed by atoms with Gasteiger partial charge in [-0.2, -0.15) is 0 Å². The van der Waals surface area contributed by atoms with Crippen LogP contribution in [0.1, 0.15) is 33.6 Å². The summed E-state index contributed by atoms with van der Waals surface area (Å²) in [7, 11) is 0. The van der Waals surface area contributed by atoms with Crippen molar-refractivity contribution >= 4 is 12.0 Å². The first-order chi connectivity index (χ1) is 8.69. The van der Waals surface area contributed by atoms with Gasteiger partial charge < -0.3 is 21.1 Å². The maximum atomic E-state index is 11.8. The molecular formula is C13H25N3O3. The van der Waals surface area contributed by atoms with Crippen molar-refractivity contribution in [2.75, 3.05) is 19.6 Å². The van der Waals surface area contributed by atoms with Crippen LogP contribution in [0.5, 0.6) is 0 Å². The van der Waals surface area contributed by atoms with Crippen molar-refractivity contribution < 1.29 is 14.7 Å². The van der Waals surface area contributed by atoms with Crippen molar-refractivity contribution in [3.05, 3.63) is 0 Å². The van der Waals surface area contributed by atoms with Crippen LogP contribution in [-0.4, -0.2) is 47.7 Å². The summed E-state index contributed by atoms with van der Waals surface area (Å²) in [4.78, 5) is 24.7. The Hall–Kier alpha value is -1.30. The fourth-order valence-electron chi connectivity index (χ4n) is 2.28. The van der Waals surface area contributed by atoms with Gasteiger partial charge in [0.2, 0.25) is 0 Å². The minimum atomic E-state index is -0.867. The molecule has 0 spiro atoms. The van der Waals surface area contributed by atoms with Crippen molar-refractivity contribution in [1.82, 2.24) is 10.2 Å². The van der Waals surface area contributed by atoms with Crippen molar-refractivity contribution in [2.24, 2.45) is 17.1 Å². The molecule has 6 heteroatoms. The van der Waals surface area contributed by atoms with E-state index in [9.17, 15) is 14.7 Å². The van der Waals surface area contributed by atoms with Crippen LogP contribution in [0.25, 0.3) is 0 Å². The van der Waals surface area contributed by atoms with E-state index in [4.69, 9.17) is 5.73 Å². The van der Waals surface area contributed by atoms with Gasteiger partial charge in [0.1, 0.15) is 0 Å². The lowest BCUT2D eigenvalue weighted by Crippen LogP contribution is -2.43. The molecular weight excluding hydrogens is 246 g/mol. The van der Waals surface area contributed by atoms with E-state index in [0.717, 1.165) is 6.42 Å². The maximum absolute atomic E-state index is 11.8. The molecule has 1 aliphatic rings. The van der Waals surface area contributed by atoms with Crippen molar-refractivity contribution in [3.63, 3.8) is 0 Å². The van der Waals surface area contributed by atoms with Gasteiger partial charge >= 0.3 is 12.0 Å². The number of carbonyl (C=O) groups is 2. The summed E-state index contributed by atoms with van der Waals surface area (Å²) in [6.07, 6.45) is 1.33. The highest BCUT2D eigenvalue weighted by atomic mass is 16.4. The van der Waals surface area contributed by atoms with Gasteiger partial charge in [0.25, 0.3) is 0 Å². The zero-order valence-electron chi connectivity index (χ0n) is 12.0. The smallest absolute Gasteiger partial charge is 0.317 e. The van der Waals surface area contributed by atoms with E-state index in [1.165, 1.54) is 0 Å². The molecule has 0 bridgehead atoms. The third-order valence-corrected chi connectivity index (χ3v) is 3.22.